The lowest BCUT2D eigenvalue weighted by Crippen LogP contribution is -2.35. The average molecular weight is 379 g/mol. The third-order valence-corrected chi connectivity index (χ3v) is 6.06. The number of fused-ring (bicyclic) bond motifs is 3. The van der Waals surface area contributed by atoms with Crippen LogP contribution >= 0.6 is 0 Å². The quantitative estimate of drug-likeness (QED) is 0.672. The summed E-state index contributed by atoms with van der Waals surface area (Å²) >= 11 is 0. The van der Waals surface area contributed by atoms with Crippen LogP contribution in [-0.2, 0) is 4.79 Å². The zero-order valence-electron chi connectivity index (χ0n) is 16.2. The second kappa shape index (κ2) is 6.79. The Kier molecular flexibility index (Phi) is 4.10. The molecule has 0 bridgehead atoms. The van der Waals surface area contributed by atoms with Gasteiger partial charge in [0.2, 0.25) is 5.91 Å². The molecule has 2 aliphatic heterocycles. The number of benzene rings is 3. The fourth-order valence-electron chi connectivity index (χ4n) is 4.75. The van der Waals surface area contributed by atoms with Crippen molar-refractivity contribution >= 4 is 17.3 Å². The van der Waals surface area contributed by atoms with Gasteiger partial charge >= 0.3 is 0 Å². The molecule has 4 heteroatoms. The highest BCUT2D eigenvalue weighted by atomic mass is 16.2. The first-order chi connectivity index (χ1) is 14.2. The summed E-state index contributed by atoms with van der Waals surface area (Å²) in [7, 11) is 0. The van der Waals surface area contributed by atoms with Gasteiger partial charge in [-0.2, -0.15) is 5.26 Å². The predicted molar refractivity (Wildman–Crippen MR) is 113 cm³/mol. The van der Waals surface area contributed by atoms with Crippen LogP contribution in [0.4, 0.5) is 11.4 Å². The molecule has 2 heterocycles. The molecule has 1 N–H and O–H groups in total. The summed E-state index contributed by atoms with van der Waals surface area (Å²) in [4.78, 5) is 15.1. The van der Waals surface area contributed by atoms with Crippen molar-refractivity contribution in [1.29, 1.82) is 5.26 Å². The molecule has 0 aromatic heterocycles. The number of nitriles is 1. The van der Waals surface area contributed by atoms with Crippen LogP contribution in [0.3, 0.4) is 0 Å². The third-order valence-electron chi connectivity index (χ3n) is 6.06. The maximum absolute atomic E-state index is 13.2. The van der Waals surface area contributed by atoms with Crippen LogP contribution in [0.25, 0.3) is 0 Å². The molecule has 5 rings (SSSR count). The van der Waals surface area contributed by atoms with Crippen LogP contribution in [0.1, 0.15) is 40.8 Å². The lowest BCUT2D eigenvalue weighted by atomic mass is 9.79. The van der Waals surface area contributed by atoms with Gasteiger partial charge < -0.3 is 10.2 Å². The van der Waals surface area contributed by atoms with E-state index in [1.165, 1.54) is 11.1 Å². The van der Waals surface area contributed by atoms with Gasteiger partial charge in [-0.15, -0.1) is 0 Å². The normalized spacial score (nSPS) is 22.4. The van der Waals surface area contributed by atoms with Crippen molar-refractivity contribution in [2.45, 2.75) is 25.4 Å². The number of aryl methyl sites for hydroxylation is 1. The van der Waals surface area contributed by atoms with Crippen LogP contribution in [0.5, 0.6) is 0 Å². The van der Waals surface area contributed by atoms with Crippen molar-refractivity contribution in [3.8, 4) is 6.07 Å². The standard InChI is InChI=1S/C25H21N3O/c1-16-7-12-22-20(13-16)25-21(14-23(29)28(25)19-5-3-2-4-6-19)24(27-22)18-10-8-17(15-26)9-11-18/h2-13,21,24-25,27H,14H2,1H3/t21-,24-,25+/m0/s1. The summed E-state index contributed by atoms with van der Waals surface area (Å²) in [5, 5.41) is 12.8. The number of carbonyl (C=O) groups excluding carboxylic acids is 1. The minimum Gasteiger partial charge on any atom is -0.378 e. The molecular weight excluding hydrogens is 358 g/mol. The van der Waals surface area contributed by atoms with Crippen LogP contribution in [0, 0.1) is 24.2 Å². The first-order valence-electron chi connectivity index (χ1n) is 9.90. The first-order valence-corrected chi connectivity index (χ1v) is 9.90. The fraction of sp³-hybridized carbons (Fsp3) is 0.200. The summed E-state index contributed by atoms with van der Waals surface area (Å²) in [6.07, 6.45) is 0.491. The molecule has 3 atom stereocenters. The topological polar surface area (TPSA) is 56.1 Å². The van der Waals surface area contributed by atoms with Gasteiger partial charge in [0.15, 0.2) is 0 Å². The molecule has 142 valence electrons. The highest BCUT2D eigenvalue weighted by Crippen LogP contribution is 2.52. The van der Waals surface area contributed by atoms with E-state index < -0.39 is 0 Å². The first kappa shape index (κ1) is 17.5. The van der Waals surface area contributed by atoms with Gasteiger partial charge in [-0.3, -0.25) is 4.79 Å². The second-order valence-electron chi connectivity index (χ2n) is 7.86. The molecule has 3 aromatic rings. The Labute approximate surface area is 170 Å². The Morgan fingerprint density at radius 1 is 1.03 bits per heavy atom. The molecule has 0 radical (unpaired) electrons. The van der Waals surface area contributed by atoms with E-state index in [0.717, 1.165) is 16.9 Å². The van der Waals surface area contributed by atoms with E-state index in [0.29, 0.717) is 12.0 Å². The number of carbonyl (C=O) groups is 1. The van der Waals surface area contributed by atoms with E-state index in [4.69, 9.17) is 5.26 Å². The van der Waals surface area contributed by atoms with E-state index in [2.05, 4.69) is 36.5 Å². The second-order valence-corrected chi connectivity index (χ2v) is 7.86. The van der Waals surface area contributed by atoms with Crippen molar-refractivity contribution in [3.05, 3.63) is 95.1 Å². The van der Waals surface area contributed by atoms with Crippen molar-refractivity contribution in [2.24, 2.45) is 5.92 Å². The highest BCUT2D eigenvalue weighted by Gasteiger charge is 2.48. The van der Waals surface area contributed by atoms with Gasteiger partial charge in [0.1, 0.15) is 0 Å². The van der Waals surface area contributed by atoms with Crippen LogP contribution in [-0.4, -0.2) is 5.91 Å². The highest BCUT2D eigenvalue weighted by molar-refractivity contribution is 5.97. The van der Waals surface area contributed by atoms with E-state index in [1.807, 2.05) is 59.5 Å². The third kappa shape index (κ3) is 2.87. The Bertz CT molecular complexity index is 1120. The van der Waals surface area contributed by atoms with Gasteiger partial charge in [-0.1, -0.05) is 48.0 Å². The molecule has 29 heavy (non-hydrogen) atoms. The number of nitrogens with zero attached hydrogens (tertiary/aromatic N) is 2. The molecule has 3 aromatic carbocycles. The Hall–Kier alpha value is -3.58. The molecule has 4 nitrogen and oxygen atoms in total. The maximum atomic E-state index is 13.2. The predicted octanol–water partition coefficient (Wildman–Crippen LogP) is 5.13. The number of hydrogen-bond acceptors (Lipinski definition) is 3. The minimum atomic E-state index is -0.0123. The summed E-state index contributed by atoms with van der Waals surface area (Å²) in [5.41, 5.74) is 6.13. The van der Waals surface area contributed by atoms with E-state index in [9.17, 15) is 4.79 Å². The summed E-state index contributed by atoms with van der Waals surface area (Å²) in [6.45, 7) is 2.09. The van der Waals surface area contributed by atoms with Gasteiger partial charge in [0, 0.05) is 23.7 Å². The number of hydrogen-bond donors (Lipinski definition) is 1. The largest absolute Gasteiger partial charge is 0.378 e. The zero-order chi connectivity index (χ0) is 20.0. The van der Waals surface area contributed by atoms with Gasteiger partial charge in [-0.05, 0) is 48.4 Å². The molecule has 0 saturated carbocycles. The number of para-hydroxylation sites is 1. The number of anilines is 2. The fourth-order valence-corrected chi connectivity index (χ4v) is 4.75. The Balaban J connectivity index is 1.64. The van der Waals surface area contributed by atoms with E-state index in [1.54, 1.807) is 0 Å². The van der Waals surface area contributed by atoms with Crippen LogP contribution in [0.15, 0.2) is 72.8 Å². The molecule has 1 saturated heterocycles. The molecule has 2 aliphatic rings. The maximum Gasteiger partial charge on any atom is 0.228 e. The van der Waals surface area contributed by atoms with Gasteiger partial charge in [-0.25, -0.2) is 0 Å². The van der Waals surface area contributed by atoms with E-state index in [-0.39, 0.29) is 23.9 Å². The number of rotatable bonds is 2. The molecule has 0 spiro atoms. The lowest BCUT2D eigenvalue weighted by molar-refractivity contribution is -0.117. The van der Waals surface area contributed by atoms with Gasteiger partial charge in [0.05, 0.1) is 23.7 Å². The SMILES string of the molecule is Cc1ccc2c(c1)[C@@H]1[C@@H](CC(=O)N1c1ccccc1)[C@H](c1ccc(C#N)cc1)N2. The smallest absolute Gasteiger partial charge is 0.228 e. The molecule has 1 fully saturated rings. The Morgan fingerprint density at radius 3 is 2.52 bits per heavy atom. The monoisotopic (exact) mass is 379 g/mol. The summed E-state index contributed by atoms with van der Waals surface area (Å²) < 4.78 is 0. The van der Waals surface area contributed by atoms with Crippen LogP contribution < -0.4 is 10.2 Å². The zero-order valence-corrected chi connectivity index (χ0v) is 16.2. The summed E-state index contributed by atoms with van der Waals surface area (Å²) in [5.74, 6) is 0.269. The van der Waals surface area contributed by atoms with E-state index >= 15 is 0 Å². The van der Waals surface area contributed by atoms with Crippen molar-refractivity contribution in [3.63, 3.8) is 0 Å². The molecule has 0 aliphatic carbocycles. The van der Waals surface area contributed by atoms with Crippen molar-refractivity contribution < 1.29 is 4.79 Å². The van der Waals surface area contributed by atoms with Gasteiger partial charge in [0.25, 0.3) is 0 Å². The minimum absolute atomic E-state index is 0.0123. The van der Waals surface area contributed by atoms with Crippen molar-refractivity contribution in [2.75, 3.05) is 10.2 Å². The molecule has 0 unspecified atom stereocenters. The lowest BCUT2D eigenvalue weighted by Gasteiger charge is -2.40. The molecule has 1 amide bonds. The van der Waals surface area contributed by atoms with Crippen LogP contribution in [0.2, 0.25) is 0 Å². The van der Waals surface area contributed by atoms with Crippen molar-refractivity contribution in [1.82, 2.24) is 0 Å². The number of nitrogens with one attached hydrogen (secondary N) is 1. The summed E-state index contributed by atoms with van der Waals surface area (Å²) in [6, 6.07) is 26.2. The number of amides is 1. The average Bonchev–Trinajstić information content (AvgIpc) is 3.11. The Morgan fingerprint density at radius 2 is 1.79 bits per heavy atom. The molecular formula is C25H21N3O.